The molecule has 2 aromatic carbocycles. The minimum absolute atomic E-state index is 0.121. The molecule has 1 aliphatic heterocycles. The number of likely N-dealkylation sites (tertiary alicyclic amines) is 1. The number of hydrogen-bond donors (Lipinski definition) is 1. The highest BCUT2D eigenvalue weighted by Crippen LogP contribution is 2.28. The fourth-order valence-electron chi connectivity index (χ4n) is 4.37. The number of rotatable bonds is 4. The van der Waals surface area contributed by atoms with Gasteiger partial charge in [-0.15, -0.1) is 0 Å². The monoisotopic (exact) mass is 385 g/mol. The van der Waals surface area contributed by atoms with Crippen molar-refractivity contribution in [2.75, 3.05) is 6.54 Å². The summed E-state index contributed by atoms with van der Waals surface area (Å²) in [5.74, 6) is 0.519. The maximum absolute atomic E-state index is 12.9. The van der Waals surface area contributed by atoms with Gasteiger partial charge in [-0.2, -0.15) is 10.2 Å². The van der Waals surface area contributed by atoms with E-state index in [1.54, 1.807) is 0 Å². The molecule has 0 aliphatic carbocycles. The predicted octanol–water partition coefficient (Wildman–Crippen LogP) is 3.98. The molecule has 1 unspecified atom stereocenters. The number of benzene rings is 2. The van der Waals surface area contributed by atoms with Gasteiger partial charge in [-0.05, 0) is 49.1 Å². The number of nitrogens with zero attached hydrogens (tertiary/aromatic N) is 4. The van der Waals surface area contributed by atoms with E-state index in [0.717, 1.165) is 47.1 Å². The molecule has 1 amide bonds. The Labute approximate surface area is 169 Å². The Morgan fingerprint density at radius 1 is 1.14 bits per heavy atom. The van der Waals surface area contributed by atoms with Gasteiger partial charge in [0.2, 0.25) is 0 Å². The molecule has 6 nitrogen and oxygen atoms in total. The molecule has 2 atom stereocenters. The number of carbonyl (C=O) groups excluding carboxylic acids is 1. The summed E-state index contributed by atoms with van der Waals surface area (Å²) in [7, 11) is 0. The van der Waals surface area contributed by atoms with Crippen LogP contribution in [0.15, 0.2) is 67.1 Å². The molecule has 1 aliphatic rings. The van der Waals surface area contributed by atoms with E-state index in [-0.39, 0.29) is 11.9 Å². The predicted molar refractivity (Wildman–Crippen MR) is 112 cm³/mol. The molecule has 1 fully saturated rings. The van der Waals surface area contributed by atoms with E-state index in [0.29, 0.717) is 5.92 Å². The number of amides is 1. The molecule has 146 valence electrons. The Morgan fingerprint density at radius 3 is 2.79 bits per heavy atom. The first-order chi connectivity index (χ1) is 14.2. The van der Waals surface area contributed by atoms with Gasteiger partial charge in [0.05, 0.1) is 17.9 Å². The molecular weight excluding hydrogens is 362 g/mol. The van der Waals surface area contributed by atoms with Crippen LogP contribution < -0.4 is 0 Å². The third-order valence-electron chi connectivity index (χ3n) is 5.85. The summed E-state index contributed by atoms with van der Waals surface area (Å²) in [6.45, 7) is 3.72. The lowest BCUT2D eigenvalue weighted by molar-refractivity contribution is 0.0742. The summed E-state index contributed by atoms with van der Waals surface area (Å²) in [5, 5.41) is 12.6. The molecular formula is C23H23N5O. The molecule has 0 spiro atoms. The average Bonchev–Trinajstić information content (AvgIpc) is 3.49. The lowest BCUT2D eigenvalue weighted by Gasteiger charge is -2.21. The summed E-state index contributed by atoms with van der Waals surface area (Å²) in [4.78, 5) is 14.9. The maximum Gasteiger partial charge on any atom is 0.254 e. The van der Waals surface area contributed by atoms with Gasteiger partial charge < -0.3 is 4.90 Å². The van der Waals surface area contributed by atoms with Crippen LogP contribution in [0.4, 0.5) is 0 Å². The molecule has 1 N–H and O–H groups in total. The number of aromatic amines is 1. The van der Waals surface area contributed by atoms with Gasteiger partial charge in [-0.1, -0.05) is 24.3 Å². The third-order valence-corrected chi connectivity index (χ3v) is 5.85. The smallest absolute Gasteiger partial charge is 0.254 e. The molecule has 3 heterocycles. The van der Waals surface area contributed by atoms with Crippen LogP contribution in [-0.2, 0) is 6.54 Å². The van der Waals surface area contributed by atoms with Crippen LogP contribution in [0.3, 0.4) is 0 Å². The van der Waals surface area contributed by atoms with E-state index in [1.165, 1.54) is 0 Å². The van der Waals surface area contributed by atoms with Crippen molar-refractivity contribution in [3.05, 3.63) is 72.7 Å². The van der Waals surface area contributed by atoms with Gasteiger partial charge in [-0.25, -0.2) is 0 Å². The van der Waals surface area contributed by atoms with Gasteiger partial charge in [0.1, 0.15) is 0 Å². The first-order valence-electron chi connectivity index (χ1n) is 10.00. The van der Waals surface area contributed by atoms with E-state index in [2.05, 4.69) is 45.1 Å². The highest BCUT2D eigenvalue weighted by atomic mass is 16.2. The van der Waals surface area contributed by atoms with Crippen molar-refractivity contribution in [1.82, 2.24) is 24.9 Å². The highest BCUT2D eigenvalue weighted by molar-refractivity contribution is 5.94. The van der Waals surface area contributed by atoms with Crippen LogP contribution >= 0.6 is 0 Å². The molecule has 4 aromatic rings. The van der Waals surface area contributed by atoms with Gasteiger partial charge in [0.15, 0.2) is 0 Å². The summed E-state index contributed by atoms with van der Waals surface area (Å²) >= 11 is 0. The Kier molecular flexibility index (Phi) is 4.39. The summed E-state index contributed by atoms with van der Waals surface area (Å²) in [6.07, 6.45) is 6.63. The maximum atomic E-state index is 12.9. The van der Waals surface area contributed by atoms with Gasteiger partial charge in [0.25, 0.3) is 5.91 Å². The van der Waals surface area contributed by atoms with Crippen LogP contribution in [0.25, 0.3) is 22.0 Å². The number of carbonyl (C=O) groups is 1. The summed E-state index contributed by atoms with van der Waals surface area (Å²) in [5.41, 5.74) is 4.08. The standard InChI is InChI=1S/C23H23N5O/c1-16-9-17(14-27(16)23(29)18-5-3-2-4-6-18)15-28-22-8-7-19(10-20(22)13-26-28)21-11-24-25-12-21/h2-8,10-13,16-17H,9,14-15H2,1H3,(H,24,25)/t16-,17?/m1/s1. The summed E-state index contributed by atoms with van der Waals surface area (Å²) in [6, 6.07) is 16.2. The molecule has 0 saturated carbocycles. The minimum atomic E-state index is 0.121. The van der Waals surface area contributed by atoms with Crippen molar-refractivity contribution < 1.29 is 4.79 Å². The fourth-order valence-corrected chi connectivity index (χ4v) is 4.37. The second-order valence-corrected chi connectivity index (χ2v) is 7.86. The molecule has 5 rings (SSSR count). The number of fused-ring (bicyclic) bond motifs is 1. The quantitative estimate of drug-likeness (QED) is 0.578. The molecule has 1 saturated heterocycles. The van der Waals surface area contributed by atoms with E-state index >= 15 is 0 Å². The third kappa shape index (κ3) is 3.31. The number of hydrogen-bond acceptors (Lipinski definition) is 3. The van der Waals surface area contributed by atoms with Crippen LogP contribution in [0.5, 0.6) is 0 Å². The van der Waals surface area contributed by atoms with Crippen molar-refractivity contribution in [2.45, 2.75) is 25.9 Å². The lowest BCUT2D eigenvalue weighted by Crippen LogP contribution is -2.34. The van der Waals surface area contributed by atoms with Crippen LogP contribution in [0.2, 0.25) is 0 Å². The van der Waals surface area contributed by atoms with Crippen molar-refractivity contribution in [3.8, 4) is 11.1 Å². The van der Waals surface area contributed by atoms with Gasteiger partial charge in [0, 0.05) is 41.8 Å². The summed E-state index contributed by atoms with van der Waals surface area (Å²) < 4.78 is 2.07. The zero-order valence-electron chi connectivity index (χ0n) is 16.3. The van der Waals surface area contributed by atoms with Crippen LogP contribution in [0, 0.1) is 5.92 Å². The zero-order valence-corrected chi connectivity index (χ0v) is 16.3. The van der Waals surface area contributed by atoms with Crippen molar-refractivity contribution in [2.24, 2.45) is 5.92 Å². The minimum Gasteiger partial charge on any atom is -0.336 e. The zero-order chi connectivity index (χ0) is 19.8. The topological polar surface area (TPSA) is 66.8 Å². The van der Waals surface area contributed by atoms with Crippen LogP contribution in [0.1, 0.15) is 23.7 Å². The first kappa shape index (κ1) is 17.7. The van der Waals surface area contributed by atoms with Gasteiger partial charge in [-0.3, -0.25) is 14.6 Å². The Balaban J connectivity index is 1.33. The second kappa shape index (κ2) is 7.20. The van der Waals surface area contributed by atoms with E-state index in [4.69, 9.17) is 0 Å². The number of H-pyrrole nitrogens is 1. The first-order valence-corrected chi connectivity index (χ1v) is 10.00. The second-order valence-electron chi connectivity index (χ2n) is 7.86. The van der Waals surface area contributed by atoms with Gasteiger partial charge >= 0.3 is 0 Å². The average molecular weight is 385 g/mol. The number of aromatic nitrogens is 4. The van der Waals surface area contributed by atoms with E-state index in [1.807, 2.05) is 53.8 Å². The Bertz CT molecular complexity index is 1130. The number of nitrogens with one attached hydrogen (secondary N) is 1. The van der Waals surface area contributed by atoms with Crippen molar-refractivity contribution in [1.29, 1.82) is 0 Å². The Morgan fingerprint density at radius 2 is 2.00 bits per heavy atom. The van der Waals surface area contributed by atoms with Crippen molar-refractivity contribution >= 4 is 16.8 Å². The molecule has 6 heteroatoms. The molecule has 29 heavy (non-hydrogen) atoms. The largest absolute Gasteiger partial charge is 0.336 e. The SMILES string of the molecule is C[C@@H]1CC(Cn2ncc3cc(-c4cn[nH]c4)ccc32)CN1C(=O)c1ccccc1. The normalized spacial score (nSPS) is 19.1. The molecule has 0 radical (unpaired) electrons. The van der Waals surface area contributed by atoms with Crippen LogP contribution in [-0.4, -0.2) is 43.4 Å². The highest BCUT2D eigenvalue weighted by Gasteiger charge is 2.33. The molecule has 0 bridgehead atoms. The van der Waals surface area contributed by atoms with E-state index in [9.17, 15) is 4.79 Å². The Hall–Kier alpha value is -3.41. The fraction of sp³-hybridized carbons (Fsp3) is 0.261. The lowest BCUT2D eigenvalue weighted by atomic mass is 10.1. The molecule has 2 aromatic heterocycles. The van der Waals surface area contributed by atoms with Crippen molar-refractivity contribution in [3.63, 3.8) is 0 Å². The van der Waals surface area contributed by atoms with E-state index < -0.39 is 0 Å².